The molecule has 17 heavy (non-hydrogen) atoms. The van der Waals surface area contributed by atoms with Gasteiger partial charge in [-0.2, -0.15) is 5.26 Å². The summed E-state index contributed by atoms with van der Waals surface area (Å²) in [5.74, 6) is 0.216. The van der Waals surface area contributed by atoms with Gasteiger partial charge in [0, 0.05) is 0 Å². The predicted molar refractivity (Wildman–Crippen MR) is 68.0 cm³/mol. The van der Waals surface area contributed by atoms with E-state index in [1.807, 2.05) is 25.1 Å². The maximum atomic E-state index is 9.55. The molecule has 0 aliphatic heterocycles. The van der Waals surface area contributed by atoms with Crippen LogP contribution in [0, 0.1) is 18.3 Å². The first-order valence-corrected chi connectivity index (χ1v) is 5.48. The normalized spacial score (nSPS) is 9.94. The fraction of sp³-hybridized carbons (Fsp3) is 0.0714. The Balaban J connectivity index is 2.57. The summed E-state index contributed by atoms with van der Waals surface area (Å²) in [7, 11) is 0. The van der Waals surface area contributed by atoms with E-state index < -0.39 is 0 Å². The number of hydrogen-bond acceptors (Lipinski definition) is 2. The zero-order valence-corrected chi connectivity index (χ0v) is 9.99. The summed E-state index contributed by atoms with van der Waals surface area (Å²) in [6.07, 6.45) is 0. The SMILES string of the molecule is Cc1cc(O)cc(-c2ccc(Cl)c(C#N)c2)c1. The van der Waals surface area contributed by atoms with E-state index in [0.717, 1.165) is 16.7 Å². The van der Waals surface area contributed by atoms with Crippen molar-refractivity contribution in [3.63, 3.8) is 0 Å². The van der Waals surface area contributed by atoms with Gasteiger partial charge in [-0.05, 0) is 47.9 Å². The van der Waals surface area contributed by atoms with E-state index in [2.05, 4.69) is 0 Å². The van der Waals surface area contributed by atoms with Gasteiger partial charge in [-0.3, -0.25) is 0 Å². The second kappa shape index (κ2) is 4.48. The Bertz CT molecular complexity index is 594. The van der Waals surface area contributed by atoms with Crippen LogP contribution in [0.25, 0.3) is 11.1 Å². The van der Waals surface area contributed by atoms with Crippen molar-refractivity contribution in [3.8, 4) is 22.9 Å². The Hall–Kier alpha value is -1.98. The zero-order chi connectivity index (χ0) is 12.4. The summed E-state index contributed by atoms with van der Waals surface area (Å²) in [4.78, 5) is 0. The fourth-order valence-electron chi connectivity index (χ4n) is 1.72. The van der Waals surface area contributed by atoms with Crippen LogP contribution in [-0.2, 0) is 0 Å². The van der Waals surface area contributed by atoms with Crippen molar-refractivity contribution < 1.29 is 5.11 Å². The number of benzene rings is 2. The van der Waals surface area contributed by atoms with Gasteiger partial charge in [0.15, 0.2) is 0 Å². The molecule has 84 valence electrons. The third-order valence-electron chi connectivity index (χ3n) is 2.48. The highest BCUT2D eigenvalue weighted by atomic mass is 35.5. The number of nitriles is 1. The van der Waals surface area contributed by atoms with Crippen LogP contribution in [0.3, 0.4) is 0 Å². The smallest absolute Gasteiger partial charge is 0.116 e. The van der Waals surface area contributed by atoms with Crippen LogP contribution in [0.5, 0.6) is 5.75 Å². The number of aromatic hydroxyl groups is 1. The van der Waals surface area contributed by atoms with E-state index in [0.29, 0.717) is 10.6 Å². The van der Waals surface area contributed by atoms with Crippen molar-refractivity contribution >= 4 is 11.6 Å². The Morgan fingerprint density at radius 3 is 2.53 bits per heavy atom. The highest BCUT2D eigenvalue weighted by molar-refractivity contribution is 6.31. The van der Waals surface area contributed by atoms with Crippen LogP contribution in [0.15, 0.2) is 36.4 Å². The third-order valence-corrected chi connectivity index (χ3v) is 2.81. The number of rotatable bonds is 1. The van der Waals surface area contributed by atoms with Gasteiger partial charge >= 0.3 is 0 Å². The van der Waals surface area contributed by atoms with E-state index in [1.165, 1.54) is 0 Å². The summed E-state index contributed by atoms with van der Waals surface area (Å²) in [5, 5.41) is 18.9. The number of phenols is 1. The minimum atomic E-state index is 0.216. The molecule has 2 aromatic rings. The highest BCUT2D eigenvalue weighted by Gasteiger charge is 2.05. The lowest BCUT2D eigenvalue weighted by molar-refractivity contribution is 0.475. The molecule has 0 aliphatic rings. The molecule has 0 unspecified atom stereocenters. The van der Waals surface area contributed by atoms with Gasteiger partial charge in [-0.1, -0.05) is 23.7 Å². The quantitative estimate of drug-likeness (QED) is 0.826. The first-order valence-electron chi connectivity index (χ1n) is 5.11. The second-order valence-electron chi connectivity index (χ2n) is 3.86. The highest BCUT2D eigenvalue weighted by Crippen LogP contribution is 2.28. The van der Waals surface area contributed by atoms with E-state index in [1.54, 1.807) is 24.3 Å². The molecular formula is C14H10ClNO. The van der Waals surface area contributed by atoms with Crippen LogP contribution in [0.4, 0.5) is 0 Å². The molecule has 0 aromatic heterocycles. The molecule has 0 heterocycles. The number of hydrogen-bond donors (Lipinski definition) is 1. The lowest BCUT2D eigenvalue weighted by atomic mass is 10.0. The monoisotopic (exact) mass is 243 g/mol. The maximum Gasteiger partial charge on any atom is 0.116 e. The van der Waals surface area contributed by atoms with Gasteiger partial charge in [0.05, 0.1) is 10.6 Å². The van der Waals surface area contributed by atoms with E-state index >= 15 is 0 Å². The Labute approximate surface area is 105 Å². The van der Waals surface area contributed by atoms with Gasteiger partial charge in [-0.25, -0.2) is 0 Å². The standard InChI is InChI=1S/C14H10ClNO/c1-9-4-11(7-13(17)5-9)10-2-3-14(15)12(6-10)8-16/h2-7,17H,1H3. The topological polar surface area (TPSA) is 44.0 Å². The summed E-state index contributed by atoms with van der Waals surface area (Å²) in [5.41, 5.74) is 3.14. The lowest BCUT2D eigenvalue weighted by Gasteiger charge is -2.05. The molecule has 1 N–H and O–H groups in total. The number of halogens is 1. The molecule has 2 rings (SSSR count). The van der Waals surface area contributed by atoms with Crippen molar-refractivity contribution in [3.05, 3.63) is 52.5 Å². The summed E-state index contributed by atoms with van der Waals surface area (Å²) in [6.45, 7) is 1.91. The van der Waals surface area contributed by atoms with Gasteiger partial charge in [0.2, 0.25) is 0 Å². The molecule has 2 nitrogen and oxygen atoms in total. The Kier molecular flexibility index (Phi) is 3.03. The molecule has 0 bridgehead atoms. The Morgan fingerprint density at radius 2 is 1.88 bits per heavy atom. The van der Waals surface area contributed by atoms with Crippen LogP contribution in [0.2, 0.25) is 5.02 Å². The van der Waals surface area contributed by atoms with Crippen molar-refractivity contribution in [2.75, 3.05) is 0 Å². The predicted octanol–water partition coefficient (Wildman–Crippen LogP) is 3.89. The molecule has 0 spiro atoms. The molecular weight excluding hydrogens is 234 g/mol. The van der Waals surface area contributed by atoms with Crippen molar-refractivity contribution in [2.24, 2.45) is 0 Å². The number of phenolic OH excluding ortho intramolecular Hbond substituents is 1. The lowest BCUT2D eigenvalue weighted by Crippen LogP contribution is -1.83. The van der Waals surface area contributed by atoms with Crippen LogP contribution in [-0.4, -0.2) is 5.11 Å². The average Bonchev–Trinajstić information content (AvgIpc) is 2.28. The molecule has 2 aromatic carbocycles. The first kappa shape index (κ1) is 11.5. The van der Waals surface area contributed by atoms with Crippen LogP contribution in [0.1, 0.15) is 11.1 Å². The minimum absolute atomic E-state index is 0.216. The average molecular weight is 244 g/mol. The number of aryl methyl sites for hydroxylation is 1. The molecule has 0 saturated carbocycles. The maximum absolute atomic E-state index is 9.55. The molecule has 0 amide bonds. The summed E-state index contributed by atoms with van der Waals surface area (Å²) in [6, 6.07) is 12.6. The van der Waals surface area contributed by atoms with Gasteiger partial charge in [0.1, 0.15) is 11.8 Å². The Morgan fingerprint density at radius 1 is 1.12 bits per heavy atom. The first-order chi connectivity index (χ1) is 8.10. The summed E-state index contributed by atoms with van der Waals surface area (Å²) >= 11 is 5.87. The number of nitrogens with zero attached hydrogens (tertiary/aromatic N) is 1. The minimum Gasteiger partial charge on any atom is -0.508 e. The molecule has 0 atom stereocenters. The van der Waals surface area contributed by atoms with E-state index in [9.17, 15) is 5.11 Å². The largest absolute Gasteiger partial charge is 0.508 e. The van der Waals surface area contributed by atoms with Crippen molar-refractivity contribution in [1.82, 2.24) is 0 Å². The molecule has 3 heteroatoms. The van der Waals surface area contributed by atoms with E-state index in [4.69, 9.17) is 16.9 Å². The van der Waals surface area contributed by atoms with Crippen LogP contribution >= 0.6 is 11.6 Å². The van der Waals surface area contributed by atoms with Gasteiger partial charge < -0.3 is 5.11 Å². The summed E-state index contributed by atoms with van der Waals surface area (Å²) < 4.78 is 0. The molecule has 0 aliphatic carbocycles. The van der Waals surface area contributed by atoms with Crippen molar-refractivity contribution in [1.29, 1.82) is 5.26 Å². The van der Waals surface area contributed by atoms with E-state index in [-0.39, 0.29) is 5.75 Å². The molecule has 0 saturated heterocycles. The second-order valence-corrected chi connectivity index (χ2v) is 4.27. The van der Waals surface area contributed by atoms with Crippen molar-refractivity contribution in [2.45, 2.75) is 6.92 Å². The molecule has 0 radical (unpaired) electrons. The zero-order valence-electron chi connectivity index (χ0n) is 9.24. The van der Waals surface area contributed by atoms with Gasteiger partial charge in [-0.15, -0.1) is 0 Å². The van der Waals surface area contributed by atoms with Gasteiger partial charge in [0.25, 0.3) is 0 Å². The van der Waals surface area contributed by atoms with Crippen LogP contribution < -0.4 is 0 Å². The third kappa shape index (κ3) is 2.41. The fourth-order valence-corrected chi connectivity index (χ4v) is 1.88. The molecule has 0 fully saturated rings.